The number of likely N-dealkylation sites (tertiary alicyclic amines) is 1. The van der Waals surface area contributed by atoms with E-state index in [1.54, 1.807) is 18.2 Å². The van der Waals surface area contributed by atoms with Crippen molar-refractivity contribution in [2.24, 2.45) is 5.73 Å². The van der Waals surface area contributed by atoms with Crippen LogP contribution in [0.2, 0.25) is 0 Å². The number of nitrogens with two attached hydrogens (primary N) is 2. The molecule has 0 radical (unpaired) electrons. The van der Waals surface area contributed by atoms with Crippen LogP contribution in [0.4, 0.5) is 5.69 Å². The topological polar surface area (TPSA) is 98.7 Å². The molecule has 1 aliphatic heterocycles. The third kappa shape index (κ3) is 2.47. The van der Waals surface area contributed by atoms with Crippen LogP contribution >= 0.6 is 0 Å². The Morgan fingerprint density at radius 2 is 2.16 bits per heavy atom. The first-order valence-corrected chi connectivity index (χ1v) is 6.08. The SMILES string of the molecule is COc1cc(N)ccc1C(=O)N1CCCC1C(N)=O. The molecular formula is C13H17N3O3. The molecule has 1 heterocycles. The number of hydrogen-bond donors (Lipinski definition) is 2. The lowest BCUT2D eigenvalue weighted by Crippen LogP contribution is -2.43. The van der Waals surface area contributed by atoms with Crippen molar-refractivity contribution in [2.45, 2.75) is 18.9 Å². The monoisotopic (exact) mass is 263 g/mol. The molecule has 6 heteroatoms. The van der Waals surface area contributed by atoms with Gasteiger partial charge < -0.3 is 21.1 Å². The second kappa shape index (κ2) is 5.17. The van der Waals surface area contributed by atoms with Crippen molar-refractivity contribution in [1.29, 1.82) is 0 Å². The molecule has 1 fully saturated rings. The van der Waals surface area contributed by atoms with Gasteiger partial charge in [0, 0.05) is 18.3 Å². The number of rotatable bonds is 3. The average Bonchev–Trinajstić information content (AvgIpc) is 2.87. The zero-order valence-electron chi connectivity index (χ0n) is 10.8. The van der Waals surface area contributed by atoms with Crippen molar-refractivity contribution in [3.63, 3.8) is 0 Å². The van der Waals surface area contributed by atoms with E-state index >= 15 is 0 Å². The maximum absolute atomic E-state index is 12.5. The molecule has 0 spiro atoms. The average molecular weight is 263 g/mol. The number of primary amides is 1. The second-order valence-corrected chi connectivity index (χ2v) is 4.52. The summed E-state index contributed by atoms with van der Waals surface area (Å²) in [4.78, 5) is 25.3. The molecule has 4 N–H and O–H groups in total. The van der Waals surface area contributed by atoms with Gasteiger partial charge in [-0.3, -0.25) is 9.59 Å². The van der Waals surface area contributed by atoms with Crippen LogP contribution in [0.3, 0.4) is 0 Å². The Labute approximate surface area is 111 Å². The summed E-state index contributed by atoms with van der Waals surface area (Å²) in [6, 6.07) is 4.29. The van der Waals surface area contributed by atoms with Crippen molar-refractivity contribution >= 4 is 17.5 Å². The first kappa shape index (κ1) is 13.2. The predicted octanol–water partition coefficient (Wildman–Crippen LogP) is 0.367. The van der Waals surface area contributed by atoms with Gasteiger partial charge in [-0.05, 0) is 25.0 Å². The summed E-state index contributed by atoms with van der Waals surface area (Å²) in [5.74, 6) is -0.321. The molecule has 0 aliphatic carbocycles. The van der Waals surface area contributed by atoms with Crippen LogP contribution < -0.4 is 16.2 Å². The fraction of sp³-hybridized carbons (Fsp3) is 0.385. The van der Waals surface area contributed by atoms with E-state index in [2.05, 4.69) is 0 Å². The third-order valence-corrected chi connectivity index (χ3v) is 3.30. The number of benzene rings is 1. The predicted molar refractivity (Wildman–Crippen MR) is 70.7 cm³/mol. The van der Waals surface area contributed by atoms with Gasteiger partial charge in [0.1, 0.15) is 11.8 Å². The summed E-state index contributed by atoms with van der Waals surface area (Å²) in [6.07, 6.45) is 1.38. The number of amides is 2. The minimum Gasteiger partial charge on any atom is -0.496 e. The molecule has 19 heavy (non-hydrogen) atoms. The van der Waals surface area contributed by atoms with Crippen molar-refractivity contribution in [3.05, 3.63) is 23.8 Å². The van der Waals surface area contributed by atoms with Gasteiger partial charge in [0.05, 0.1) is 12.7 Å². The number of nitrogen functional groups attached to an aromatic ring is 1. The smallest absolute Gasteiger partial charge is 0.258 e. The molecule has 0 aromatic heterocycles. The number of carbonyl (C=O) groups excluding carboxylic acids is 2. The number of hydrogen-bond acceptors (Lipinski definition) is 4. The highest BCUT2D eigenvalue weighted by molar-refractivity contribution is 6.00. The first-order valence-electron chi connectivity index (χ1n) is 6.08. The van der Waals surface area contributed by atoms with Crippen molar-refractivity contribution in [3.8, 4) is 5.75 Å². The zero-order valence-corrected chi connectivity index (χ0v) is 10.8. The van der Waals surface area contributed by atoms with Crippen LogP contribution in [-0.4, -0.2) is 36.4 Å². The molecule has 2 amide bonds. The van der Waals surface area contributed by atoms with E-state index in [0.717, 1.165) is 6.42 Å². The third-order valence-electron chi connectivity index (χ3n) is 3.30. The molecule has 1 saturated heterocycles. The number of carbonyl (C=O) groups is 2. The van der Waals surface area contributed by atoms with Crippen molar-refractivity contribution in [2.75, 3.05) is 19.4 Å². The number of anilines is 1. The molecule has 6 nitrogen and oxygen atoms in total. The molecule has 1 aromatic rings. The van der Waals surface area contributed by atoms with E-state index in [4.69, 9.17) is 16.2 Å². The Hall–Kier alpha value is -2.24. The maximum atomic E-state index is 12.5. The van der Waals surface area contributed by atoms with Crippen LogP contribution in [0, 0.1) is 0 Å². The highest BCUT2D eigenvalue weighted by Crippen LogP contribution is 2.26. The summed E-state index contributed by atoms with van der Waals surface area (Å²) in [5.41, 5.74) is 11.9. The normalized spacial score (nSPS) is 18.4. The molecule has 1 aromatic carbocycles. The van der Waals surface area contributed by atoms with Gasteiger partial charge in [0.15, 0.2) is 0 Å². The highest BCUT2D eigenvalue weighted by atomic mass is 16.5. The second-order valence-electron chi connectivity index (χ2n) is 4.52. The molecule has 1 atom stereocenters. The minimum atomic E-state index is -0.533. The van der Waals surface area contributed by atoms with E-state index in [1.165, 1.54) is 12.0 Å². The summed E-state index contributed by atoms with van der Waals surface area (Å²) in [5, 5.41) is 0. The van der Waals surface area contributed by atoms with Gasteiger partial charge in [0.2, 0.25) is 5.91 Å². The lowest BCUT2D eigenvalue weighted by atomic mass is 10.1. The summed E-state index contributed by atoms with van der Waals surface area (Å²) in [7, 11) is 1.47. The maximum Gasteiger partial charge on any atom is 0.258 e. The van der Waals surface area contributed by atoms with Gasteiger partial charge in [-0.2, -0.15) is 0 Å². The van der Waals surface area contributed by atoms with Crippen molar-refractivity contribution in [1.82, 2.24) is 4.90 Å². The van der Waals surface area contributed by atoms with E-state index in [-0.39, 0.29) is 5.91 Å². The van der Waals surface area contributed by atoms with Crippen LogP contribution in [-0.2, 0) is 4.79 Å². The first-order chi connectivity index (χ1) is 9.04. The molecule has 0 saturated carbocycles. The fourth-order valence-corrected chi connectivity index (χ4v) is 2.34. The van der Waals surface area contributed by atoms with Gasteiger partial charge in [0.25, 0.3) is 5.91 Å². The molecular weight excluding hydrogens is 246 g/mol. The largest absolute Gasteiger partial charge is 0.496 e. The van der Waals surface area contributed by atoms with Crippen molar-refractivity contribution < 1.29 is 14.3 Å². The van der Waals surface area contributed by atoms with E-state index < -0.39 is 11.9 Å². The lowest BCUT2D eigenvalue weighted by Gasteiger charge is -2.23. The Morgan fingerprint density at radius 1 is 1.42 bits per heavy atom. The quantitative estimate of drug-likeness (QED) is 0.769. The lowest BCUT2D eigenvalue weighted by molar-refractivity contribution is -0.121. The van der Waals surface area contributed by atoms with Gasteiger partial charge in [-0.25, -0.2) is 0 Å². The minimum absolute atomic E-state index is 0.252. The van der Waals surface area contributed by atoms with E-state index in [9.17, 15) is 9.59 Å². The standard InChI is InChI=1S/C13H17N3O3/c1-19-11-7-8(14)4-5-9(11)13(18)16-6-2-3-10(16)12(15)17/h4-5,7,10H,2-3,6,14H2,1H3,(H2,15,17). The zero-order chi connectivity index (χ0) is 14.0. The fourth-order valence-electron chi connectivity index (χ4n) is 2.34. The molecule has 1 unspecified atom stereocenters. The molecule has 0 bridgehead atoms. The number of methoxy groups -OCH3 is 1. The summed E-state index contributed by atoms with van der Waals surface area (Å²) in [6.45, 7) is 0.528. The van der Waals surface area contributed by atoms with E-state index in [0.29, 0.717) is 30.0 Å². The molecule has 2 rings (SSSR count). The van der Waals surface area contributed by atoms with Crippen LogP contribution in [0.25, 0.3) is 0 Å². The van der Waals surface area contributed by atoms with Gasteiger partial charge in [-0.1, -0.05) is 0 Å². The Kier molecular flexibility index (Phi) is 3.59. The van der Waals surface area contributed by atoms with Crippen LogP contribution in [0.15, 0.2) is 18.2 Å². The highest BCUT2D eigenvalue weighted by Gasteiger charge is 2.34. The summed E-state index contributed by atoms with van der Waals surface area (Å²) >= 11 is 0. The Morgan fingerprint density at radius 3 is 2.79 bits per heavy atom. The Balaban J connectivity index is 2.31. The van der Waals surface area contributed by atoms with Gasteiger partial charge >= 0.3 is 0 Å². The summed E-state index contributed by atoms with van der Waals surface area (Å²) < 4.78 is 5.16. The molecule has 1 aliphatic rings. The molecule has 102 valence electrons. The van der Waals surface area contributed by atoms with E-state index in [1.807, 2.05) is 0 Å². The number of nitrogens with zero attached hydrogens (tertiary/aromatic N) is 1. The van der Waals surface area contributed by atoms with Crippen LogP contribution in [0.5, 0.6) is 5.75 Å². The van der Waals surface area contributed by atoms with Crippen LogP contribution in [0.1, 0.15) is 23.2 Å². The Bertz CT molecular complexity index is 516. The van der Waals surface area contributed by atoms with Gasteiger partial charge in [-0.15, -0.1) is 0 Å². The number of ether oxygens (including phenoxy) is 1.